The van der Waals surface area contributed by atoms with E-state index in [4.69, 9.17) is 28.9 Å². The molecule has 1 unspecified atom stereocenters. The molecule has 1 heterocycles. The van der Waals surface area contributed by atoms with Crippen molar-refractivity contribution in [1.82, 2.24) is 4.90 Å². The van der Waals surface area contributed by atoms with Gasteiger partial charge in [0.15, 0.2) is 0 Å². The summed E-state index contributed by atoms with van der Waals surface area (Å²) < 4.78 is 0. The van der Waals surface area contributed by atoms with Gasteiger partial charge < -0.3 is 15.7 Å². The van der Waals surface area contributed by atoms with Crippen LogP contribution in [-0.4, -0.2) is 34.1 Å². The molecule has 1 fully saturated rings. The van der Waals surface area contributed by atoms with Crippen molar-refractivity contribution in [2.75, 3.05) is 6.54 Å². The fraction of sp³-hybridized carbons (Fsp3) is 0.105. The highest BCUT2D eigenvalue weighted by Gasteiger charge is 2.47. The third kappa shape index (κ3) is 3.54. The van der Waals surface area contributed by atoms with Crippen molar-refractivity contribution < 1.29 is 19.5 Å². The van der Waals surface area contributed by atoms with E-state index in [0.29, 0.717) is 16.1 Å². The van der Waals surface area contributed by atoms with E-state index in [-0.39, 0.29) is 16.4 Å². The standard InChI is InChI=1S/C19H14Cl2N2O4/c20-11-7-5-10(6-8-11)17(25)15-16(12-3-1-2-4-13(12)21)23(9-14(22)24)19(27)18(15)26/h1-8,16,25H,9H2,(H2,22,24)/b17-15+. The summed E-state index contributed by atoms with van der Waals surface area (Å²) in [4.78, 5) is 37.6. The molecule has 2 aromatic rings. The molecule has 1 aliphatic rings. The van der Waals surface area contributed by atoms with Gasteiger partial charge >= 0.3 is 0 Å². The topological polar surface area (TPSA) is 101 Å². The Morgan fingerprint density at radius 3 is 2.30 bits per heavy atom. The van der Waals surface area contributed by atoms with Crippen molar-refractivity contribution in [2.24, 2.45) is 5.73 Å². The number of hydrogen-bond donors (Lipinski definition) is 2. The summed E-state index contributed by atoms with van der Waals surface area (Å²) in [6.07, 6.45) is 0. The Balaban J connectivity index is 2.23. The number of ketones is 1. The van der Waals surface area contributed by atoms with E-state index in [1.54, 1.807) is 36.4 Å². The molecule has 3 rings (SSSR count). The van der Waals surface area contributed by atoms with Crippen molar-refractivity contribution in [1.29, 1.82) is 0 Å². The summed E-state index contributed by atoms with van der Waals surface area (Å²) in [6.45, 7) is -0.488. The predicted molar refractivity (Wildman–Crippen MR) is 101 cm³/mol. The summed E-state index contributed by atoms with van der Waals surface area (Å²) in [7, 11) is 0. The Kier molecular flexibility index (Phi) is 5.21. The molecule has 0 saturated carbocycles. The largest absolute Gasteiger partial charge is 0.507 e. The van der Waals surface area contributed by atoms with Gasteiger partial charge in [-0.2, -0.15) is 0 Å². The Hall–Kier alpha value is -2.83. The lowest BCUT2D eigenvalue weighted by molar-refractivity contribution is -0.141. The number of amides is 2. The number of hydrogen-bond acceptors (Lipinski definition) is 4. The highest BCUT2D eigenvalue weighted by molar-refractivity contribution is 6.47. The van der Waals surface area contributed by atoms with Gasteiger partial charge in [0.25, 0.3) is 11.7 Å². The number of nitrogens with zero attached hydrogens (tertiary/aromatic N) is 1. The minimum atomic E-state index is -1.04. The molecule has 1 saturated heterocycles. The number of halogens is 2. The van der Waals surface area contributed by atoms with E-state index < -0.39 is 30.2 Å². The molecule has 6 nitrogen and oxygen atoms in total. The number of rotatable bonds is 4. The van der Waals surface area contributed by atoms with Crippen LogP contribution in [0.15, 0.2) is 54.1 Å². The van der Waals surface area contributed by atoms with E-state index in [9.17, 15) is 19.5 Å². The van der Waals surface area contributed by atoms with Crippen molar-refractivity contribution in [3.8, 4) is 0 Å². The zero-order valence-electron chi connectivity index (χ0n) is 13.9. The molecule has 0 spiro atoms. The van der Waals surface area contributed by atoms with E-state index in [1.807, 2.05) is 0 Å². The minimum Gasteiger partial charge on any atom is -0.507 e. The van der Waals surface area contributed by atoms with Crippen molar-refractivity contribution in [3.63, 3.8) is 0 Å². The zero-order chi connectivity index (χ0) is 19.7. The number of primary amides is 1. The monoisotopic (exact) mass is 404 g/mol. The quantitative estimate of drug-likeness (QED) is 0.464. The molecule has 0 radical (unpaired) electrons. The molecular formula is C19H14Cl2N2O4. The Labute approximate surface area is 164 Å². The van der Waals surface area contributed by atoms with Crippen LogP contribution < -0.4 is 5.73 Å². The first-order valence-corrected chi connectivity index (χ1v) is 8.64. The number of aliphatic hydroxyl groups excluding tert-OH is 1. The SMILES string of the molecule is NC(=O)CN1C(=O)C(=O)/C(=C(/O)c2ccc(Cl)cc2)C1c1ccccc1Cl. The van der Waals surface area contributed by atoms with E-state index in [0.717, 1.165) is 4.90 Å². The van der Waals surface area contributed by atoms with Crippen molar-refractivity contribution >= 4 is 46.6 Å². The maximum absolute atomic E-state index is 12.6. The molecule has 3 N–H and O–H groups in total. The summed E-state index contributed by atoms with van der Waals surface area (Å²) in [5.41, 5.74) is 5.77. The molecule has 0 aliphatic carbocycles. The number of Topliss-reactive ketones (excluding diaryl/α,β-unsaturated/α-hetero) is 1. The molecule has 0 aromatic heterocycles. The van der Waals surface area contributed by atoms with Crippen LogP contribution in [0.3, 0.4) is 0 Å². The van der Waals surface area contributed by atoms with Gasteiger partial charge in [0.2, 0.25) is 5.91 Å². The summed E-state index contributed by atoms with van der Waals surface area (Å²) in [5, 5.41) is 11.5. The van der Waals surface area contributed by atoms with Gasteiger partial charge in [-0.25, -0.2) is 0 Å². The number of nitrogens with two attached hydrogens (primary N) is 1. The highest BCUT2D eigenvalue weighted by Crippen LogP contribution is 2.41. The number of carbonyl (C=O) groups excluding carboxylic acids is 3. The van der Waals surface area contributed by atoms with E-state index >= 15 is 0 Å². The molecule has 2 amide bonds. The fourth-order valence-corrected chi connectivity index (χ4v) is 3.36. The maximum atomic E-state index is 12.6. The minimum absolute atomic E-state index is 0.170. The van der Waals surface area contributed by atoms with E-state index in [2.05, 4.69) is 0 Å². The van der Waals surface area contributed by atoms with Gasteiger partial charge in [-0.05, 0) is 35.9 Å². The number of carbonyl (C=O) groups is 3. The molecular weight excluding hydrogens is 391 g/mol. The number of likely N-dealkylation sites (tertiary alicyclic amines) is 1. The Morgan fingerprint density at radius 2 is 1.70 bits per heavy atom. The van der Waals surface area contributed by atoms with Crippen LogP contribution in [0.5, 0.6) is 0 Å². The van der Waals surface area contributed by atoms with Gasteiger partial charge in [0, 0.05) is 15.6 Å². The third-order valence-corrected chi connectivity index (χ3v) is 4.78. The van der Waals surface area contributed by atoms with Crippen LogP contribution in [0.25, 0.3) is 5.76 Å². The van der Waals surface area contributed by atoms with Gasteiger partial charge in [0.05, 0.1) is 11.6 Å². The van der Waals surface area contributed by atoms with Gasteiger partial charge in [-0.3, -0.25) is 14.4 Å². The zero-order valence-corrected chi connectivity index (χ0v) is 15.4. The van der Waals surface area contributed by atoms with Crippen LogP contribution >= 0.6 is 23.2 Å². The van der Waals surface area contributed by atoms with Crippen LogP contribution in [0.2, 0.25) is 10.0 Å². The average Bonchev–Trinajstić information content (AvgIpc) is 2.86. The highest BCUT2D eigenvalue weighted by atomic mass is 35.5. The third-order valence-electron chi connectivity index (χ3n) is 4.18. The maximum Gasteiger partial charge on any atom is 0.296 e. The first-order valence-electron chi connectivity index (χ1n) is 7.88. The Bertz CT molecular complexity index is 970. The van der Waals surface area contributed by atoms with Crippen LogP contribution in [0.4, 0.5) is 0 Å². The summed E-state index contributed by atoms with van der Waals surface area (Å²) in [6, 6.07) is 11.6. The molecule has 1 atom stereocenters. The number of benzene rings is 2. The summed E-state index contributed by atoms with van der Waals surface area (Å²) >= 11 is 12.1. The van der Waals surface area contributed by atoms with Crippen molar-refractivity contribution in [3.05, 3.63) is 75.3 Å². The molecule has 0 bridgehead atoms. The smallest absolute Gasteiger partial charge is 0.296 e. The molecule has 1 aliphatic heterocycles. The lowest BCUT2D eigenvalue weighted by Crippen LogP contribution is -2.37. The molecule has 2 aromatic carbocycles. The molecule has 8 heteroatoms. The van der Waals surface area contributed by atoms with Gasteiger partial charge in [-0.1, -0.05) is 41.4 Å². The molecule has 138 valence electrons. The first-order chi connectivity index (χ1) is 12.8. The lowest BCUT2D eigenvalue weighted by atomic mass is 9.95. The average molecular weight is 405 g/mol. The van der Waals surface area contributed by atoms with E-state index in [1.165, 1.54) is 12.1 Å². The predicted octanol–water partition coefficient (Wildman–Crippen LogP) is 2.90. The first kappa shape index (κ1) is 18.9. The number of aliphatic hydroxyl groups is 1. The van der Waals surface area contributed by atoms with Gasteiger partial charge in [-0.15, -0.1) is 0 Å². The second-order valence-electron chi connectivity index (χ2n) is 5.92. The lowest BCUT2D eigenvalue weighted by Gasteiger charge is -2.24. The molecule has 27 heavy (non-hydrogen) atoms. The van der Waals surface area contributed by atoms with Crippen LogP contribution in [0, 0.1) is 0 Å². The summed E-state index contributed by atoms with van der Waals surface area (Å²) in [5.74, 6) is -3.04. The van der Waals surface area contributed by atoms with Crippen molar-refractivity contribution in [2.45, 2.75) is 6.04 Å². The second-order valence-corrected chi connectivity index (χ2v) is 6.77. The fourth-order valence-electron chi connectivity index (χ4n) is 2.99. The normalized spacial score (nSPS) is 18.7. The van der Waals surface area contributed by atoms with Gasteiger partial charge in [0.1, 0.15) is 12.3 Å². The second kappa shape index (κ2) is 7.42. The van der Waals surface area contributed by atoms with Crippen LogP contribution in [0.1, 0.15) is 17.2 Å². The van der Waals surface area contributed by atoms with Crippen LogP contribution in [-0.2, 0) is 14.4 Å². The Morgan fingerprint density at radius 1 is 1.07 bits per heavy atom.